The van der Waals surface area contributed by atoms with Crippen LogP contribution in [0.2, 0.25) is 5.02 Å². The summed E-state index contributed by atoms with van der Waals surface area (Å²) in [6.45, 7) is 4.32. The molecule has 0 saturated carbocycles. The molecular formula is C18H18ClNO3S. The van der Waals surface area contributed by atoms with Crippen LogP contribution in [-0.4, -0.2) is 29.4 Å². The van der Waals surface area contributed by atoms with E-state index < -0.39 is 12.0 Å². The van der Waals surface area contributed by atoms with E-state index in [0.29, 0.717) is 28.6 Å². The Kier molecular flexibility index (Phi) is 4.92. The monoisotopic (exact) mass is 363 g/mol. The minimum absolute atomic E-state index is 0.104. The first kappa shape index (κ1) is 17.0. The molecule has 1 saturated heterocycles. The summed E-state index contributed by atoms with van der Waals surface area (Å²) in [7, 11) is 0. The second kappa shape index (κ2) is 6.95. The molecule has 1 atom stereocenters. The first-order valence-corrected chi connectivity index (χ1v) is 9.06. The molecule has 2 aromatic rings. The maximum absolute atomic E-state index is 12.6. The molecule has 4 nitrogen and oxygen atoms in total. The minimum atomic E-state index is -0.532. The number of nitrogens with zero attached hydrogens (tertiary/aromatic N) is 1. The minimum Gasteiger partial charge on any atom is -0.425 e. The molecule has 0 N–H and O–H groups in total. The maximum atomic E-state index is 12.6. The Labute approximate surface area is 150 Å². The van der Waals surface area contributed by atoms with Crippen LogP contribution in [0.1, 0.15) is 33.6 Å². The van der Waals surface area contributed by atoms with Crippen LogP contribution < -0.4 is 4.74 Å². The number of rotatable bonds is 3. The Morgan fingerprint density at radius 3 is 2.62 bits per heavy atom. The largest absolute Gasteiger partial charge is 0.425 e. The standard InChI is InChI=1S/C18H18ClNO3S/c1-11-9-13(10-12(2)16(11)19)23-18(22)14-5-3-7-20(14)17(21)15-6-4-8-24-15/h4,6,8-10,14H,3,5,7H2,1-2H3/t14-/m0/s1. The fraction of sp³-hybridized carbons (Fsp3) is 0.333. The van der Waals surface area contributed by atoms with Gasteiger partial charge in [0.25, 0.3) is 5.91 Å². The van der Waals surface area contributed by atoms with E-state index in [-0.39, 0.29) is 5.91 Å². The van der Waals surface area contributed by atoms with E-state index in [1.807, 2.05) is 25.3 Å². The van der Waals surface area contributed by atoms with E-state index >= 15 is 0 Å². The van der Waals surface area contributed by atoms with Gasteiger partial charge in [-0.3, -0.25) is 4.79 Å². The van der Waals surface area contributed by atoms with E-state index in [9.17, 15) is 9.59 Å². The summed E-state index contributed by atoms with van der Waals surface area (Å²) in [4.78, 5) is 27.4. The molecule has 0 radical (unpaired) electrons. The van der Waals surface area contributed by atoms with E-state index in [1.54, 1.807) is 23.1 Å². The van der Waals surface area contributed by atoms with Crippen LogP contribution in [0.4, 0.5) is 0 Å². The van der Waals surface area contributed by atoms with Gasteiger partial charge in [0.05, 0.1) is 4.88 Å². The van der Waals surface area contributed by atoms with Gasteiger partial charge in [0, 0.05) is 11.6 Å². The summed E-state index contributed by atoms with van der Waals surface area (Å²) < 4.78 is 5.52. The number of ether oxygens (including phenoxy) is 1. The Morgan fingerprint density at radius 1 is 1.29 bits per heavy atom. The van der Waals surface area contributed by atoms with Crippen molar-refractivity contribution in [1.29, 1.82) is 0 Å². The summed E-state index contributed by atoms with van der Waals surface area (Å²) in [5.41, 5.74) is 1.72. The Bertz CT molecular complexity index is 750. The van der Waals surface area contributed by atoms with Crippen LogP contribution in [0.15, 0.2) is 29.6 Å². The zero-order chi connectivity index (χ0) is 17.3. The van der Waals surface area contributed by atoms with Crippen LogP contribution in [0.25, 0.3) is 0 Å². The van der Waals surface area contributed by atoms with Gasteiger partial charge in [-0.2, -0.15) is 0 Å². The predicted molar refractivity (Wildman–Crippen MR) is 94.9 cm³/mol. The molecule has 1 aromatic carbocycles. The molecule has 6 heteroatoms. The van der Waals surface area contributed by atoms with Crippen LogP contribution >= 0.6 is 22.9 Å². The average molecular weight is 364 g/mol. The van der Waals surface area contributed by atoms with E-state index in [0.717, 1.165) is 17.5 Å². The molecule has 126 valence electrons. The van der Waals surface area contributed by atoms with Crippen LogP contribution in [0, 0.1) is 13.8 Å². The number of aryl methyl sites for hydroxylation is 2. The topological polar surface area (TPSA) is 46.6 Å². The third kappa shape index (κ3) is 3.32. The van der Waals surface area contributed by atoms with Gasteiger partial charge in [-0.1, -0.05) is 17.7 Å². The van der Waals surface area contributed by atoms with E-state index in [2.05, 4.69) is 0 Å². The molecule has 0 unspecified atom stereocenters. The number of hydrogen-bond donors (Lipinski definition) is 0. The average Bonchev–Trinajstić information content (AvgIpc) is 3.22. The summed E-state index contributed by atoms with van der Waals surface area (Å²) in [5, 5.41) is 2.53. The van der Waals surface area contributed by atoms with Crippen LogP contribution in [0.5, 0.6) is 5.75 Å². The van der Waals surface area contributed by atoms with Gasteiger partial charge in [-0.15, -0.1) is 11.3 Å². The summed E-state index contributed by atoms with van der Waals surface area (Å²) in [6, 6.07) is 6.57. The molecule has 1 amide bonds. The van der Waals surface area contributed by atoms with Gasteiger partial charge in [0.1, 0.15) is 11.8 Å². The van der Waals surface area contributed by atoms with Crippen LogP contribution in [-0.2, 0) is 4.79 Å². The SMILES string of the molecule is Cc1cc(OC(=O)[C@@H]2CCCN2C(=O)c2cccs2)cc(C)c1Cl. The van der Waals surface area contributed by atoms with Crippen molar-refractivity contribution in [2.45, 2.75) is 32.7 Å². The molecule has 2 heterocycles. The third-order valence-corrected chi connectivity index (χ3v) is 5.60. The van der Waals surface area contributed by atoms with Gasteiger partial charge in [0.2, 0.25) is 0 Å². The Hall–Kier alpha value is -1.85. The fourth-order valence-electron chi connectivity index (χ4n) is 2.95. The molecule has 0 bridgehead atoms. The molecule has 24 heavy (non-hydrogen) atoms. The molecule has 1 aliphatic rings. The molecular weight excluding hydrogens is 346 g/mol. The lowest BCUT2D eigenvalue weighted by Crippen LogP contribution is -2.42. The van der Waals surface area contributed by atoms with Crippen molar-refractivity contribution in [1.82, 2.24) is 4.90 Å². The highest BCUT2D eigenvalue weighted by atomic mass is 35.5. The number of amides is 1. The first-order chi connectivity index (χ1) is 11.5. The highest BCUT2D eigenvalue weighted by Crippen LogP contribution is 2.28. The number of thiophene rings is 1. The Balaban J connectivity index is 1.75. The summed E-state index contributed by atoms with van der Waals surface area (Å²) in [6.07, 6.45) is 1.43. The van der Waals surface area contributed by atoms with Crippen molar-refractivity contribution in [3.05, 3.63) is 50.7 Å². The zero-order valence-electron chi connectivity index (χ0n) is 13.5. The van der Waals surface area contributed by atoms with Gasteiger partial charge < -0.3 is 9.64 Å². The van der Waals surface area contributed by atoms with Crippen molar-refractivity contribution < 1.29 is 14.3 Å². The molecule has 3 rings (SSSR count). The Morgan fingerprint density at radius 2 is 2.00 bits per heavy atom. The van der Waals surface area contributed by atoms with Crippen molar-refractivity contribution in [2.24, 2.45) is 0 Å². The smallest absolute Gasteiger partial charge is 0.334 e. The van der Waals surface area contributed by atoms with Gasteiger partial charge in [-0.25, -0.2) is 4.79 Å². The number of likely N-dealkylation sites (tertiary alicyclic amines) is 1. The molecule has 0 spiro atoms. The van der Waals surface area contributed by atoms with Crippen molar-refractivity contribution in [3.63, 3.8) is 0 Å². The number of esters is 1. The number of hydrogen-bond acceptors (Lipinski definition) is 4. The second-order valence-electron chi connectivity index (χ2n) is 5.93. The lowest BCUT2D eigenvalue weighted by Gasteiger charge is -2.22. The zero-order valence-corrected chi connectivity index (χ0v) is 15.1. The second-order valence-corrected chi connectivity index (χ2v) is 7.25. The maximum Gasteiger partial charge on any atom is 0.334 e. The molecule has 0 aliphatic carbocycles. The third-order valence-electron chi connectivity index (χ3n) is 4.15. The lowest BCUT2D eigenvalue weighted by atomic mass is 10.1. The highest BCUT2D eigenvalue weighted by Gasteiger charge is 2.36. The van der Waals surface area contributed by atoms with Crippen LogP contribution in [0.3, 0.4) is 0 Å². The van der Waals surface area contributed by atoms with Gasteiger partial charge >= 0.3 is 5.97 Å². The lowest BCUT2D eigenvalue weighted by molar-refractivity contribution is -0.138. The first-order valence-electron chi connectivity index (χ1n) is 7.80. The summed E-state index contributed by atoms with van der Waals surface area (Å²) >= 11 is 7.53. The number of benzene rings is 1. The van der Waals surface area contributed by atoms with Crippen molar-refractivity contribution in [2.75, 3.05) is 6.54 Å². The van der Waals surface area contributed by atoms with E-state index in [1.165, 1.54) is 11.3 Å². The van der Waals surface area contributed by atoms with Crippen molar-refractivity contribution in [3.8, 4) is 5.75 Å². The molecule has 1 aliphatic heterocycles. The summed E-state index contributed by atoms with van der Waals surface area (Å²) in [5.74, 6) is -0.0266. The van der Waals surface area contributed by atoms with Gasteiger partial charge in [-0.05, 0) is 61.4 Å². The number of carbonyl (C=O) groups is 2. The molecule has 1 fully saturated rings. The van der Waals surface area contributed by atoms with Crippen molar-refractivity contribution >= 4 is 34.8 Å². The van der Waals surface area contributed by atoms with E-state index in [4.69, 9.17) is 16.3 Å². The number of halogens is 1. The van der Waals surface area contributed by atoms with Gasteiger partial charge in [0.15, 0.2) is 0 Å². The number of carbonyl (C=O) groups excluding carboxylic acids is 2. The predicted octanol–water partition coefficient (Wildman–Crippen LogP) is 4.23. The highest BCUT2D eigenvalue weighted by molar-refractivity contribution is 7.12. The normalized spacial score (nSPS) is 17.1. The molecule has 1 aromatic heterocycles. The quantitative estimate of drug-likeness (QED) is 0.605. The fourth-order valence-corrected chi connectivity index (χ4v) is 3.73.